The standard InChI is InChI=1S/C17H18F2N2O2/c1-12(13-5-3-2-4-6-13)20-11-16(22)21-14-7-9-15(10-8-14)23-17(18)19/h2-10,12,17,20H,11H2,1H3,(H,21,22)/t12-/m0/s1. The molecule has 0 aliphatic rings. The minimum absolute atomic E-state index is 0.0452. The molecule has 0 aliphatic carbocycles. The molecule has 1 atom stereocenters. The number of rotatable bonds is 7. The van der Waals surface area contributed by atoms with Gasteiger partial charge in [-0.05, 0) is 36.8 Å². The highest BCUT2D eigenvalue weighted by Gasteiger charge is 2.08. The summed E-state index contributed by atoms with van der Waals surface area (Å²) in [7, 11) is 0. The topological polar surface area (TPSA) is 50.4 Å². The van der Waals surface area contributed by atoms with Gasteiger partial charge in [-0.2, -0.15) is 8.78 Å². The van der Waals surface area contributed by atoms with Crippen LogP contribution in [0, 0.1) is 0 Å². The Morgan fingerprint density at radius 1 is 1.09 bits per heavy atom. The lowest BCUT2D eigenvalue weighted by Crippen LogP contribution is -2.30. The van der Waals surface area contributed by atoms with Crippen molar-refractivity contribution >= 4 is 11.6 Å². The lowest BCUT2D eigenvalue weighted by Gasteiger charge is -2.14. The van der Waals surface area contributed by atoms with Gasteiger partial charge in [0, 0.05) is 11.7 Å². The van der Waals surface area contributed by atoms with Crippen molar-refractivity contribution in [1.29, 1.82) is 0 Å². The van der Waals surface area contributed by atoms with Gasteiger partial charge in [0.1, 0.15) is 5.75 Å². The van der Waals surface area contributed by atoms with Crippen molar-refractivity contribution in [2.45, 2.75) is 19.6 Å². The van der Waals surface area contributed by atoms with Crippen LogP contribution in [-0.4, -0.2) is 19.1 Å². The minimum Gasteiger partial charge on any atom is -0.435 e. The summed E-state index contributed by atoms with van der Waals surface area (Å²) in [4.78, 5) is 11.9. The smallest absolute Gasteiger partial charge is 0.387 e. The zero-order chi connectivity index (χ0) is 16.7. The van der Waals surface area contributed by atoms with Gasteiger partial charge in [0.2, 0.25) is 5.91 Å². The van der Waals surface area contributed by atoms with Gasteiger partial charge in [-0.25, -0.2) is 0 Å². The second-order valence-electron chi connectivity index (χ2n) is 4.96. The number of carbonyl (C=O) groups is 1. The fourth-order valence-corrected chi connectivity index (χ4v) is 2.03. The van der Waals surface area contributed by atoms with E-state index in [0.29, 0.717) is 5.69 Å². The lowest BCUT2D eigenvalue weighted by molar-refractivity contribution is -0.115. The van der Waals surface area contributed by atoms with E-state index in [9.17, 15) is 13.6 Å². The molecule has 0 aromatic heterocycles. The molecule has 0 saturated heterocycles. The van der Waals surface area contributed by atoms with E-state index in [2.05, 4.69) is 15.4 Å². The number of hydrogen-bond acceptors (Lipinski definition) is 3. The third-order valence-electron chi connectivity index (χ3n) is 3.23. The van der Waals surface area contributed by atoms with Gasteiger partial charge in [0.05, 0.1) is 6.54 Å². The second kappa shape index (κ2) is 8.24. The molecule has 0 unspecified atom stereocenters. The first-order valence-corrected chi connectivity index (χ1v) is 7.17. The number of halogens is 2. The van der Waals surface area contributed by atoms with Crippen molar-refractivity contribution in [2.24, 2.45) is 0 Å². The molecule has 2 aromatic rings. The van der Waals surface area contributed by atoms with Crippen LogP contribution >= 0.6 is 0 Å². The minimum atomic E-state index is -2.86. The number of nitrogens with one attached hydrogen (secondary N) is 2. The molecule has 4 nitrogen and oxygen atoms in total. The molecular formula is C17H18F2N2O2. The number of ether oxygens (including phenoxy) is 1. The Morgan fingerprint density at radius 3 is 2.35 bits per heavy atom. The van der Waals surface area contributed by atoms with E-state index in [1.807, 2.05) is 37.3 Å². The lowest BCUT2D eigenvalue weighted by atomic mass is 10.1. The van der Waals surface area contributed by atoms with Crippen LogP contribution in [0.3, 0.4) is 0 Å². The molecule has 0 radical (unpaired) electrons. The van der Waals surface area contributed by atoms with Gasteiger partial charge in [-0.15, -0.1) is 0 Å². The molecule has 0 heterocycles. The van der Waals surface area contributed by atoms with Crippen LogP contribution in [0.25, 0.3) is 0 Å². The largest absolute Gasteiger partial charge is 0.435 e. The fraction of sp³-hybridized carbons (Fsp3) is 0.235. The third kappa shape index (κ3) is 5.67. The molecular weight excluding hydrogens is 302 g/mol. The fourth-order valence-electron chi connectivity index (χ4n) is 2.03. The Morgan fingerprint density at radius 2 is 1.74 bits per heavy atom. The Kier molecular flexibility index (Phi) is 6.05. The maximum atomic E-state index is 12.0. The molecule has 0 spiro atoms. The van der Waals surface area contributed by atoms with Crippen LogP contribution in [0.5, 0.6) is 5.75 Å². The van der Waals surface area contributed by atoms with Crippen molar-refractivity contribution in [3.05, 3.63) is 60.2 Å². The summed E-state index contributed by atoms with van der Waals surface area (Å²) in [6.45, 7) is -0.746. The summed E-state index contributed by atoms with van der Waals surface area (Å²) in [5, 5.41) is 5.81. The van der Waals surface area contributed by atoms with Crippen LogP contribution in [0.4, 0.5) is 14.5 Å². The zero-order valence-electron chi connectivity index (χ0n) is 12.6. The molecule has 0 aliphatic heterocycles. The van der Waals surface area contributed by atoms with E-state index >= 15 is 0 Å². The monoisotopic (exact) mass is 320 g/mol. The van der Waals surface area contributed by atoms with Gasteiger partial charge in [-0.3, -0.25) is 4.79 Å². The van der Waals surface area contributed by atoms with Gasteiger partial charge >= 0.3 is 6.61 Å². The summed E-state index contributed by atoms with van der Waals surface area (Å²) < 4.78 is 28.3. The SMILES string of the molecule is C[C@H](NCC(=O)Nc1ccc(OC(F)F)cc1)c1ccccc1. The number of carbonyl (C=O) groups excluding carboxylic acids is 1. The van der Waals surface area contributed by atoms with Crippen molar-refractivity contribution in [1.82, 2.24) is 5.32 Å². The van der Waals surface area contributed by atoms with E-state index in [0.717, 1.165) is 5.56 Å². The summed E-state index contributed by atoms with van der Waals surface area (Å²) in [6, 6.07) is 15.6. The molecule has 0 fully saturated rings. The number of alkyl halides is 2. The van der Waals surface area contributed by atoms with Gasteiger partial charge in [0.25, 0.3) is 0 Å². The number of amides is 1. The molecule has 122 valence electrons. The summed E-state index contributed by atoms with van der Waals surface area (Å²) in [6.07, 6.45) is 0. The molecule has 23 heavy (non-hydrogen) atoms. The first-order chi connectivity index (χ1) is 11.0. The quantitative estimate of drug-likeness (QED) is 0.820. The maximum Gasteiger partial charge on any atom is 0.387 e. The summed E-state index contributed by atoms with van der Waals surface area (Å²) in [5.74, 6) is -0.163. The predicted octanol–water partition coefficient (Wildman–Crippen LogP) is 3.58. The first-order valence-electron chi connectivity index (χ1n) is 7.17. The second-order valence-corrected chi connectivity index (χ2v) is 4.96. The Hall–Kier alpha value is -2.47. The molecule has 2 N–H and O–H groups in total. The van der Waals surface area contributed by atoms with Crippen molar-refractivity contribution in [3.63, 3.8) is 0 Å². The van der Waals surface area contributed by atoms with Crippen LogP contribution in [0.2, 0.25) is 0 Å². The molecule has 6 heteroatoms. The van der Waals surface area contributed by atoms with Gasteiger partial charge in [-0.1, -0.05) is 30.3 Å². The third-order valence-corrected chi connectivity index (χ3v) is 3.23. The van der Waals surface area contributed by atoms with Crippen molar-refractivity contribution in [3.8, 4) is 5.75 Å². The summed E-state index contributed by atoms with van der Waals surface area (Å²) >= 11 is 0. The van der Waals surface area contributed by atoms with Crippen LogP contribution in [-0.2, 0) is 4.79 Å². The number of benzene rings is 2. The van der Waals surface area contributed by atoms with E-state index in [1.54, 1.807) is 0 Å². The van der Waals surface area contributed by atoms with Crippen molar-refractivity contribution in [2.75, 3.05) is 11.9 Å². The van der Waals surface area contributed by atoms with Crippen molar-refractivity contribution < 1.29 is 18.3 Å². The first kappa shape index (κ1) is 16.9. The predicted molar refractivity (Wildman–Crippen MR) is 84.6 cm³/mol. The van der Waals surface area contributed by atoms with Crippen LogP contribution in [0.15, 0.2) is 54.6 Å². The Bertz CT molecular complexity index is 618. The Labute approximate surface area is 133 Å². The molecule has 1 amide bonds. The highest BCUT2D eigenvalue weighted by atomic mass is 19.3. The molecule has 2 aromatic carbocycles. The summed E-state index contributed by atoms with van der Waals surface area (Å²) in [5.41, 5.74) is 1.61. The van der Waals surface area contributed by atoms with Crippen LogP contribution < -0.4 is 15.4 Å². The number of hydrogen-bond donors (Lipinski definition) is 2. The van der Waals surface area contributed by atoms with E-state index in [-0.39, 0.29) is 24.2 Å². The van der Waals surface area contributed by atoms with E-state index in [1.165, 1.54) is 24.3 Å². The maximum absolute atomic E-state index is 12.0. The van der Waals surface area contributed by atoms with E-state index in [4.69, 9.17) is 0 Å². The molecule has 0 saturated carbocycles. The zero-order valence-corrected chi connectivity index (χ0v) is 12.6. The average Bonchev–Trinajstić information content (AvgIpc) is 2.55. The normalized spacial score (nSPS) is 12.0. The van der Waals surface area contributed by atoms with Gasteiger partial charge in [0.15, 0.2) is 0 Å². The molecule has 0 bridgehead atoms. The number of anilines is 1. The highest BCUT2D eigenvalue weighted by Crippen LogP contribution is 2.17. The average molecular weight is 320 g/mol. The highest BCUT2D eigenvalue weighted by molar-refractivity contribution is 5.92. The van der Waals surface area contributed by atoms with E-state index < -0.39 is 6.61 Å². The van der Waals surface area contributed by atoms with Gasteiger partial charge < -0.3 is 15.4 Å². The molecule has 2 rings (SSSR count). The van der Waals surface area contributed by atoms with Crippen LogP contribution in [0.1, 0.15) is 18.5 Å². The Balaban J connectivity index is 1.80.